The first-order valence-electron chi connectivity index (χ1n) is 10.8. The normalized spacial score (nSPS) is 18.0. The second-order valence-corrected chi connectivity index (χ2v) is 9.45. The molecule has 0 unspecified atom stereocenters. The van der Waals surface area contributed by atoms with Crippen molar-refractivity contribution in [3.8, 4) is 0 Å². The van der Waals surface area contributed by atoms with E-state index in [0.29, 0.717) is 32.7 Å². The van der Waals surface area contributed by atoms with E-state index in [1.165, 1.54) is 6.20 Å². The third-order valence-electron chi connectivity index (χ3n) is 6.03. The minimum Gasteiger partial charge on any atom is -0.366 e. The minimum atomic E-state index is -0.513. The highest BCUT2D eigenvalue weighted by molar-refractivity contribution is 6.42. The van der Waals surface area contributed by atoms with Gasteiger partial charge in [-0.1, -0.05) is 40.9 Å². The fraction of sp³-hybridized carbons (Fsp3) is 0.240. The third kappa shape index (κ3) is 5.70. The molecule has 0 spiro atoms. The summed E-state index contributed by atoms with van der Waals surface area (Å²) < 4.78 is 0. The largest absolute Gasteiger partial charge is 0.366 e. The zero-order valence-corrected chi connectivity index (χ0v) is 20.4. The predicted octanol–water partition coefficient (Wildman–Crippen LogP) is 4.98. The van der Waals surface area contributed by atoms with E-state index in [0.717, 1.165) is 24.3 Å². The molecular weight excluding hydrogens is 495 g/mol. The van der Waals surface area contributed by atoms with Crippen molar-refractivity contribution in [1.29, 1.82) is 0 Å². The molecule has 0 aliphatic carbocycles. The van der Waals surface area contributed by atoms with Crippen LogP contribution in [0.1, 0.15) is 38.6 Å². The minimum absolute atomic E-state index is 0.00399. The molecule has 1 saturated heterocycles. The summed E-state index contributed by atoms with van der Waals surface area (Å²) in [6, 6.07) is 16.0. The number of benzene rings is 2. The first-order valence-corrected chi connectivity index (χ1v) is 11.9. The lowest BCUT2D eigenvalue weighted by atomic mass is 9.85. The summed E-state index contributed by atoms with van der Waals surface area (Å²) in [5.74, 6) is 0.265. The summed E-state index contributed by atoms with van der Waals surface area (Å²) >= 11 is 18.4. The molecule has 0 saturated carbocycles. The highest BCUT2D eigenvalue weighted by Crippen LogP contribution is 2.33. The molecule has 2 atom stereocenters. The number of halogens is 3. The van der Waals surface area contributed by atoms with Crippen LogP contribution < -0.4 is 16.0 Å². The molecule has 1 aromatic heterocycles. The summed E-state index contributed by atoms with van der Waals surface area (Å²) in [6.45, 7) is 1.58. The van der Waals surface area contributed by atoms with Gasteiger partial charge in [-0.3, -0.25) is 9.59 Å². The number of ketones is 1. The van der Waals surface area contributed by atoms with Gasteiger partial charge in [0.15, 0.2) is 5.78 Å². The number of hydrogen-bond acceptors (Lipinski definition) is 5. The van der Waals surface area contributed by atoms with Crippen LogP contribution in [0.5, 0.6) is 0 Å². The van der Waals surface area contributed by atoms with Gasteiger partial charge < -0.3 is 16.0 Å². The second-order valence-electron chi connectivity index (χ2n) is 8.20. The van der Waals surface area contributed by atoms with Crippen molar-refractivity contribution in [3.63, 3.8) is 0 Å². The maximum atomic E-state index is 12.7. The first-order chi connectivity index (χ1) is 16.3. The fourth-order valence-electron chi connectivity index (χ4n) is 4.17. The van der Waals surface area contributed by atoms with Gasteiger partial charge in [0.2, 0.25) is 5.91 Å². The van der Waals surface area contributed by atoms with Gasteiger partial charge in [-0.15, -0.1) is 0 Å². The van der Waals surface area contributed by atoms with E-state index in [4.69, 9.17) is 40.5 Å². The summed E-state index contributed by atoms with van der Waals surface area (Å²) in [5, 5.41) is 5.01. The Morgan fingerprint density at radius 1 is 1.00 bits per heavy atom. The number of carbonyl (C=O) groups excluding carboxylic acids is 2. The molecule has 1 fully saturated rings. The molecule has 6 nitrogen and oxygen atoms in total. The van der Waals surface area contributed by atoms with E-state index in [-0.39, 0.29) is 24.3 Å². The molecule has 1 aliphatic rings. The molecule has 2 aromatic carbocycles. The maximum absolute atomic E-state index is 12.7. The number of nitrogens with zero attached hydrogens (tertiary/aromatic N) is 2. The summed E-state index contributed by atoms with van der Waals surface area (Å²) in [7, 11) is 0. The first kappa shape index (κ1) is 24.5. The van der Waals surface area contributed by atoms with E-state index < -0.39 is 5.91 Å². The Kier molecular flexibility index (Phi) is 7.73. The van der Waals surface area contributed by atoms with Gasteiger partial charge in [0.25, 0.3) is 0 Å². The number of nitrogens with two attached hydrogens (primary N) is 1. The Morgan fingerprint density at radius 2 is 1.74 bits per heavy atom. The van der Waals surface area contributed by atoms with Crippen LogP contribution in [-0.4, -0.2) is 42.4 Å². The number of hydrogen-bond donors (Lipinski definition) is 2. The zero-order valence-electron chi connectivity index (χ0n) is 18.2. The summed E-state index contributed by atoms with van der Waals surface area (Å²) in [4.78, 5) is 30.7. The lowest BCUT2D eigenvalue weighted by molar-refractivity contribution is 0.0980. The molecule has 9 heteroatoms. The Hall–Kier alpha value is -2.64. The third-order valence-corrected chi connectivity index (χ3v) is 7.02. The number of piperidine rings is 1. The number of carbonyl (C=O) groups is 2. The number of aromatic nitrogens is 1. The molecule has 4 rings (SSSR count). The van der Waals surface area contributed by atoms with E-state index in [9.17, 15) is 9.59 Å². The number of nitrogens with one attached hydrogen (secondary N) is 1. The Morgan fingerprint density at radius 3 is 2.38 bits per heavy atom. The Labute approximate surface area is 213 Å². The SMILES string of the molecule is NC(=O)c1ccc(N2CC[C@@H](NCC(=O)c3ccc(Cl)cc3)[C@H](c3ccc(Cl)c(Cl)c3)C2)nc1. The summed E-state index contributed by atoms with van der Waals surface area (Å²) in [6.07, 6.45) is 2.26. The van der Waals surface area contributed by atoms with Crippen LogP contribution in [0, 0.1) is 0 Å². The van der Waals surface area contributed by atoms with E-state index in [2.05, 4.69) is 15.2 Å². The van der Waals surface area contributed by atoms with Crippen molar-refractivity contribution in [2.45, 2.75) is 18.4 Å². The van der Waals surface area contributed by atoms with Crippen molar-refractivity contribution < 1.29 is 9.59 Å². The molecule has 2 heterocycles. The molecule has 0 radical (unpaired) electrons. The van der Waals surface area contributed by atoms with E-state index in [1.807, 2.05) is 12.1 Å². The maximum Gasteiger partial charge on any atom is 0.250 e. The van der Waals surface area contributed by atoms with Crippen LogP contribution in [0.4, 0.5) is 5.82 Å². The number of Topliss-reactive ketones (excluding diaryl/α,β-unsaturated/α-hetero) is 1. The predicted molar refractivity (Wildman–Crippen MR) is 136 cm³/mol. The van der Waals surface area contributed by atoms with Crippen molar-refractivity contribution in [3.05, 3.63) is 92.6 Å². The lowest BCUT2D eigenvalue weighted by Crippen LogP contribution is -2.49. The highest BCUT2D eigenvalue weighted by atomic mass is 35.5. The van der Waals surface area contributed by atoms with Crippen LogP contribution in [0.15, 0.2) is 60.8 Å². The lowest BCUT2D eigenvalue weighted by Gasteiger charge is -2.40. The van der Waals surface area contributed by atoms with Gasteiger partial charge in [0, 0.05) is 41.8 Å². The highest BCUT2D eigenvalue weighted by Gasteiger charge is 2.31. The fourth-order valence-corrected chi connectivity index (χ4v) is 4.60. The van der Waals surface area contributed by atoms with Gasteiger partial charge in [-0.25, -0.2) is 4.98 Å². The molecule has 176 valence electrons. The molecule has 34 heavy (non-hydrogen) atoms. The van der Waals surface area contributed by atoms with Crippen molar-refractivity contribution in [2.24, 2.45) is 5.73 Å². The van der Waals surface area contributed by atoms with Crippen LogP contribution in [-0.2, 0) is 0 Å². The van der Waals surface area contributed by atoms with Gasteiger partial charge in [0.05, 0.1) is 22.2 Å². The van der Waals surface area contributed by atoms with Crippen molar-refractivity contribution in [1.82, 2.24) is 10.3 Å². The van der Waals surface area contributed by atoms with E-state index >= 15 is 0 Å². The van der Waals surface area contributed by atoms with Gasteiger partial charge in [0.1, 0.15) is 5.82 Å². The van der Waals surface area contributed by atoms with Crippen LogP contribution in [0.25, 0.3) is 0 Å². The number of pyridine rings is 1. The number of rotatable bonds is 7. The van der Waals surface area contributed by atoms with Gasteiger partial charge in [-0.2, -0.15) is 0 Å². The zero-order chi connectivity index (χ0) is 24.2. The van der Waals surface area contributed by atoms with Gasteiger partial charge in [-0.05, 0) is 60.5 Å². The quantitative estimate of drug-likeness (QED) is 0.432. The van der Waals surface area contributed by atoms with Gasteiger partial charge >= 0.3 is 0 Å². The molecule has 1 aliphatic heterocycles. The number of amides is 1. The monoisotopic (exact) mass is 516 g/mol. The topological polar surface area (TPSA) is 88.3 Å². The molecular formula is C25H23Cl3N4O2. The van der Waals surface area contributed by atoms with Crippen molar-refractivity contribution >= 4 is 52.3 Å². The second kappa shape index (κ2) is 10.7. The Balaban J connectivity index is 1.53. The average molecular weight is 518 g/mol. The van der Waals surface area contributed by atoms with Crippen LogP contribution in [0.3, 0.4) is 0 Å². The number of anilines is 1. The standard InChI is InChI=1S/C25H23Cl3N4O2/c26-18-5-1-15(2-6-18)23(33)13-30-22-9-10-32(24-8-4-17(12-31-24)25(29)34)14-19(22)16-3-7-20(27)21(28)11-16/h1-8,11-12,19,22,30H,9-10,13-14H2,(H2,29,34)/t19-,22+/m0/s1. The Bertz CT molecular complexity index is 1190. The van der Waals surface area contributed by atoms with Crippen LogP contribution >= 0.6 is 34.8 Å². The molecule has 3 N–H and O–H groups in total. The molecule has 3 aromatic rings. The van der Waals surface area contributed by atoms with Crippen LogP contribution in [0.2, 0.25) is 15.1 Å². The molecule has 1 amide bonds. The summed E-state index contributed by atoms with van der Waals surface area (Å²) in [5.41, 5.74) is 7.33. The smallest absolute Gasteiger partial charge is 0.250 e. The molecule has 0 bridgehead atoms. The average Bonchev–Trinajstić information content (AvgIpc) is 2.84. The van der Waals surface area contributed by atoms with Crippen molar-refractivity contribution in [2.75, 3.05) is 24.5 Å². The van der Waals surface area contributed by atoms with E-state index in [1.54, 1.807) is 42.5 Å². The number of primary amides is 1.